The molecule has 0 aliphatic heterocycles. The Hall–Kier alpha value is -2.26. The number of ketones is 1. The Kier molecular flexibility index (Phi) is 8.94. The number of carboxylic acid groups (broad SMARTS) is 1. The predicted molar refractivity (Wildman–Crippen MR) is 94.2 cm³/mol. The average molecular weight is 385 g/mol. The molecule has 8 nitrogen and oxygen atoms in total. The van der Waals surface area contributed by atoms with Crippen molar-refractivity contribution >= 4 is 27.8 Å². The Morgan fingerprint density at radius 3 is 2.19 bits per heavy atom. The summed E-state index contributed by atoms with van der Waals surface area (Å²) in [5.74, 6) is -3.12. The summed E-state index contributed by atoms with van der Waals surface area (Å²) in [6.45, 7) is 0. The van der Waals surface area contributed by atoms with E-state index in [1.54, 1.807) is 0 Å². The van der Waals surface area contributed by atoms with Gasteiger partial charge < -0.3 is 10.4 Å². The van der Waals surface area contributed by atoms with Crippen molar-refractivity contribution in [3.8, 4) is 0 Å². The van der Waals surface area contributed by atoms with Crippen LogP contribution in [0.15, 0.2) is 30.3 Å². The van der Waals surface area contributed by atoms with Crippen LogP contribution < -0.4 is 5.32 Å². The maximum absolute atomic E-state index is 11.8. The van der Waals surface area contributed by atoms with E-state index in [1.807, 2.05) is 30.3 Å². The van der Waals surface area contributed by atoms with E-state index in [2.05, 4.69) is 5.32 Å². The minimum absolute atomic E-state index is 0.0160. The van der Waals surface area contributed by atoms with E-state index in [0.29, 0.717) is 32.1 Å². The minimum Gasteiger partial charge on any atom is -0.480 e. The molecule has 3 N–H and O–H groups in total. The quantitative estimate of drug-likeness (QED) is 0.363. The number of Topliss-reactive ketones (excluding diaryl/α,β-unsaturated/α-hetero) is 1. The number of carbonyl (C=O) groups excluding carboxylic acids is 2. The molecular weight excluding hydrogens is 362 g/mol. The molecule has 1 aromatic rings. The maximum Gasteiger partial charge on any atom is 0.327 e. The van der Waals surface area contributed by atoms with Crippen LogP contribution in [0.1, 0.15) is 37.7 Å². The van der Waals surface area contributed by atoms with Gasteiger partial charge in [0, 0.05) is 19.3 Å². The molecule has 1 aromatic carbocycles. The first kappa shape index (κ1) is 21.8. The summed E-state index contributed by atoms with van der Waals surface area (Å²) in [4.78, 5) is 34.4. The number of hydrogen-bond donors (Lipinski definition) is 3. The fourth-order valence-corrected chi connectivity index (χ4v) is 3.00. The van der Waals surface area contributed by atoms with E-state index >= 15 is 0 Å². The van der Waals surface area contributed by atoms with Crippen LogP contribution in [-0.2, 0) is 30.9 Å². The van der Waals surface area contributed by atoms with E-state index in [4.69, 9.17) is 9.66 Å². The number of nitrogens with one attached hydrogen (secondary N) is 1. The summed E-state index contributed by atoms with van der Waals surface area (Å²) in [7, 11) is -4.51. The number of rotatable bonds is 12. The molecule has 1 rings (SSSR count). The molecule has 0 heterocycles. The Labute approximate surface area is 152 Å². The highest BCUT2D eigenvalue weighted by molar-refractivity contribution is 7.85. The Morgan fingerprint density at radius 1 is 1.00 bits per heavy atom. The smallest absolute Gasteiger partial charge is 0.327 e. The highest BCUT2D eigenvalue weighted by Crippen LogP contribution is 2.08. The van der Waals surface area contributed by atoms with Gasteiger partial charge in [-0.1, -0.05) is 36.8 Å². The molecule has 1 amide bonds. The van der Waals surface area contributed by atoms with Crippen molar-refractivity contribution in [2.75, 3.05) is 5.75 Å². The van der Waals surface area contributed by atoms with Gasteiger partial charge >= 0.3 is 5.97 Å². The van der Waals surface area contributed by atoms with Crippen LogP contribution in [-0.4, -0.2) is 47.5 Å². The summed E-state index contributed by atoms with van der Waals surface area (Å²) in [6.07, 6.45) is 2.47. The molecule has 0 fully saturated rings. The van der Waals surface area contributed by atoms with Gasteiger partial charge in [0.2, 0.25) is 5.91 Å². The number of hydrogen-bond acceptors (Lipinski definition) is 5. The van der Waals surface area contributed by atoms with Gasteiger partial charge in [-0.2, -0.15) is 8.42 Å². The van der Waals surface area contributed by atoms with Crippen molar-refractivity contribution in [1.82, 2.24) is 5.32 Å². The van der Waals surface area contributed by atoms with Gasteiger partial charge in [-0.15, -0.1) is 0 Å². The van der Waals surface area contributed by atoms with Crippen LogP contribution in [0, 0.1) is 0 Å². The van der Waals surface area contributed by atoms with Crippen molar-refractivity contribution in [3.05, 3.63) is 35.9 Å². The van der Waals surface area contributed by atoms with Crippen molar-refractivity contribution in [3.63, 3.8) is 0 Å². The molecule has 1 atom stereocenters. The van der Waals surface area contributed by atoms with Crippen LogP contribution in [0.2, 0.25) is 0 Å². The van der Waals surface area contributed by atoms with Gasteiger partial charge in [-0.25, -0.2) is 4.79 Å². The van der Waals surface area contributed by atoms with Crippen molar-refractivity contribution in [2.24, 2.45) is 0 Å². The molecule has 9 heteroatoms. The summed E-state index contributed by atoms with van der Waals surface area (Å²) < 4.78 is 30.1. The van der Waals surface area contributed by atoms with Crippen molar-refractivity contribution in [1.29, 1.82) is 0 Å². The van der Waals surface area contributed by atoms with Crippen LogP contribution >= 0.6 is 0 Å². The van der Waals surface area contributed by atoms with Gasteiger partial charge in [-0.05, 0) is 18.4 Å². The molecule has 0 bridgehead atoms. The topological polar surface area (TPSA) is 138 Å². The molecule has 0 aliphatic rings. The predicted octanol–water partition coefficient (Wildman–Crippen LogP) is 1.21. The molecule has 0 aliphatic carbocycles. The van der Waals surface area contributed by atoms with Gasteiger partial charge in [0.05, 0.1) is 0 Å². The first-order valence-electron chi connectivity index (χ1n) is 8.20. The standard InChI is InChI=1S/C17H23NO7S/c19-14(11-13-7-3-1-4-8-13)9-5-2-6-10-16(20)18-15(17(21)22)12-26(23,24)25/h1,3-4,7-8,15H,2,5-6,9-12H2,(H,18,20)(H,21,22)(H,23,24,25)/t15-/m0/s1. The molecule has 0 aromatic heterocycles. The zero-order chi connectivity index (χ0) is 19.6. The van der Waals surface area contributed by atoms with Gasteiger partial charge in [-0.3, -0.25) is 14.1 Å². The zero-order valence-corrected chi connectivity index (χ0v) is 15.1. The van der Waals surface area contributed by atoms with E-state index in [-0.39, 0.29) is 12.2 Å². The third kappa shape index (κ3) is 9.90. The monoisotopic (exact) mass is 385 g/mol. The van der Waals surface area contributed by atoms with Crippen molar-refractivity contribution < 1.29 is 32.5 Å². The lowest BCUT2D eigenvalue weighted by atomic mass is 10.0. The van der Waals surface area contributed by atoms with Crippen LogP contribution in [0.25, 0.3) is 0 Å². The molecule has 0 saturated heterocycles. The highest BCUT2D eigenvalue weighted by Gasteiger charge is 2.25. The molecule has 26 heavy (non-hydrogen) atoms. The zero-order valence-electron chi connectivity index (χ0n) is 14.3. The molecule has 0 spiro atoms. The second-order valence-electron chi connectivity index (χ2n) is 5.97. The van der Waals surface area contributed by atoms with E-state index in [9.17, 15) is 22.8 Å². The average Bonchev–Trinajstić information content (AvgIpc) is 2.53. The van der Waals surface area contributed by atoms with Crippen molar-refractivity contribution in [2.45, 2.75) is 44.6 Å². The number of carbonyl (C=O) groups is 3. The number of aliphatic carboxylic acids is 1. The molecule has 0 radical (unpaired) electrons. The minimum atomic E-state index is -4.51. The van der Waals surface area contributed by atoms with Gasteiger partial charge in [0.1, 0.15) is 17.6 Å². The Morgan fingerprint density at radius 2 is 1.62 bits per heavy atom. The highest BCUT2D eigenvalue weighted by atomic mass is 32.2. The molecule has 0 saturated carbocycles. The molecule has 144 valence electrons. The Balaban J connectivity index is 2.22. The summed E-state index contributed by atoms with van der Waals surface area (Å²) in [6, 6.07) is 7.69. The largest absolute Gasteiger partial charge is 0.480 e. The summed E-state index contributed by atoms with van der Waals surface area (Å²) in [5, 5.41) is 10.9. The second-order valence-corrected chi connectivity index (χ2v) is 7.47. The fourth-order valence-electron chi connectivity index (χ4n) is 2.35. The second kappa shape index (κ2) is 10.7. The van der Waals surface area contributed by atoms with Crippen LogP contribution in [0.4, 0.5) is 0 Å². The third-order valence-electron chi connectivity index (χ3n) is 3.61. The lowest BCUT2D eigenvalue weighted by Gasteiger charge is -2.12. The number of amides is 1. The molecule has 0 unspecified atom stereocenters. The lowest BCUT2D eigenvalue weighted by molar-refractivity contribution is -0.141. The number of carboxylic acids is 1. The van der Waals surface area contributed by atoms with Crippen LogP contribution in [0.3, 0.4) is 0 Å². The summed E-state index contributed by atoms with van der Waals surface area (Å²) in [5.41, 5.74) is 0.954. The number of benzene rings is 1. The molecular formula is C17H23NO7S. The SMILES string of the molecule is O=C(CCCCCC(=O)N[C@@H](CS(=O)(=O)O)C(=O)O)Cc1ccccc1. The van der Waals surface area contributed by atoms with Gasteiger partial charge in [0.15, 0.2) is 0 Å². The van der Waals surface area contributed by atoms with E-state index in [0.717, 1.165) is 5.56 Å². The normalized spacial score (nSPS) is 12.3. The lowest BCUT2D eigenvalue weighted by Crippen LogP contribution is -2.45. The first-order chi connectivity index (χ1) is 12.2. The van der Waals surface area contributed by atoms with Crippen LogP contribution in [0.5, 0.6) is 0 Å². The summed E-state index contributed by atoms with van der Waals surface area (Å²) >= 11 is 0. The Bertz CT molecular complexity index is 716. The number of unbranched alkanes of at least 4 members (excludes halogenated alkanes) is 2. The first-order valence-corrected chi connectivity index (χ1v) is 9.81. The van der Waals surface area contributed by atoms with E-state index in [1.165, 1.54) is 0 Å². The fraction of sp³-hybridized carbons (Fsp3) is 0.471. The van der Waals surface area contributed by atoms with Gasteiger partial charge in [0.25, 0.3) is 10.1 Å². The van der Waals surface area contributed by atoms with E-state index < -0.39 is 33.8 Å². The third-order valence-corrected chi connectivity index (χ3v) is 4.37. The maximum atomic E-state index is 11.8.